The highest BCUT2D eigenvalue weighted by atomic mass is 31.2. The highest BCUT2D eigenvalue weighted by Crippen LogP contribution is 2.45. The van der Waals surface area contributed by atoms with Crippen molar-refractivity contribution in [1.82, 2.24) is 0 Å². The Morgan fingerprint density at radius 1 is 0.923 bits per heavy atom. The predicted octanol–water partition coefficient (Wildman–Crippen LogP) is 7.05. The number of aryl methyl sites for hydroxylation is 1. The molecule has 150 valence electrons. The second-order valence-electron chi connectivity index (χ2n) is 7.13. The molecule has 0 aliphatic heterocycles. The van der Waals surface area contributed by atoms with Crippen LogP contribution in [0.25, 0.3) is 0 Å². The molecule has 4 nitrogen and oxygen atoms in total. The van der Waals surface area contributed by atoms with E-state index in [9.17, 15) is 9.46 Å². The molecule has 0 amide bonds. The number of benzene rings is 1. The van der Waals surface area contributed by atoms with Gasteiger partial charge < -0.3 is 4.52 Å². The van der Waals surface area contributed by atoms with Crippen LogP contribution in [-0.2, 0) is 15.5 Å². The zero-order chi connectivity index (χ0) is 19.3. The van der Waals surface area contributed by atoms with Crippen LogP contribution < -0.4 is 4.52 Å². The van der Waals surface area contributed by atoms with Crippen molar-refractivity contribution in [2.45, 2.75) is 97.5 Å². The highest BCUT2D eigenvalue weighted by Gasteiger charge is 2.25. The first kappa shape index (κ1) is 23.2. The third-order valence-electron chi connectivity index (χ3n) is 4.47. The maximum atomic E-state index is 12.0. The predicted molar refractivity (Wildman–Crippen MR) is 109 cm³/mol. The lowest BCUT2D eigenvalue weighted by atomic mass is 10.0. The van der Waals surface area contributed by atoms with Crippen molar-refractivity contribution in [3.8, 4) is 5.75 Å². The van der Waals surface area contributed by atoms with Crippen molar-refractivity contribution in [1.29, 1.82) is 0 Å². The first-order valence-corrected chi connectivity index (χ1v) is 11.8. The monoisotopic (exact) mass is 384 g/mol. The topological polar surface area (TPSA) is 55.8 Å². The Kier molecular flexibility index (Phi) is 11.9. The fourth-order valence-corrected chi connectivity index (χ4v) is 4.01. The molecular formula is C21H37O4P. The Hall–Kier alpha value is -0.830. The van der Waals surface area contributed by atoms with E-state index < -0.39 is 7.82 Å². The lowest BCUT2D eigenvalue weighted by Gasteiger charge is -2.17. The fourth-order valence-electron chi connectivity index (χ4n) is 3.02. The minimum Gasteiger partial charge on any atom is -0.404 e. The van der Waals surface area contributed by atoms with Crippen molar-refractivity contribution in [2.24, 2.45) is 0 Å². The van der Waals surface area contributed by atoms with Crippen LogP contribution >= 0.6 is 7.82 Å². The molecule has 1 aromatic carbocycles. The molecule has 0 aliphatic rings. The molecule has 0 spiro atoms. The quantitative estimate of drug-likeness (QED) is 0.260. The Labute approximate surface area is 159 Å². The van der Waals surface area contributed by atoms with Crippen molar-refractivity contribution < 1.29 is 18.5 Å². The first-order valence-electron chi connectivity index (χ1n) is 10.3. The van der Waals surface area contributed by atoms with E-state index in [-0.39, 0.29) is 6.10 Å². The summed E-state index contributed by atoms with van der Waals surface area (Å²) >= 11 is 0. The number of hydrogen-bond acceptors (Lipinski definition) is 3. The molecule has 5 heteroatoms. The minimum atomic E-state index is -4.06. The van der Waals surface area contributed by atoms with E-state index in [1.165, 1.54) is 56.9 Å². The summed E-state index contributed by atoms with van der Waals surface area (Å²) in [6.45, 7) is 6.03. The molecule has 1 aromatic rings. The zero-order valence-electron chi connectivity index (χ0n) is 16.8. The largest absolute Gasteiger partial charge is 0.527 e. The Balaban J connectivity index is 2.27. The number of phosphoric acid groups is 1. The molecule has 1 N–H and O–H groups in total. The summed E-state index contributed by atoms with van der Waals surface area (Å²) < 4.78 is 22.3. The Morgan fingerprint density at radius 3 is 2.08 bits per heavy atom. The molecule has 0 fully saturated rings. The maximum Gasteiger partial charge on any atom is 0.527 e. The minimum absolute atomic E-state index is 0.294. The summed E-state index contributed by atoms with van der Waals surface area (Å²) in [6.07, 6.45) is 12.9. The van der Waals surface area contributed by atoms with Gasteiger partial charge in [-0.3, -0.25) is 9.42 Å². The summed E-state index contributed by atoms with van der Waals surface area (Å²) in [5, 5.41) is 0. The summed E-state index contributed by atoms with van der Waals surface area (Å²) in [6, 6.07) is 7.42. The molecule has 0 bridgehead atoms. The van der Waals surface area contributed by atoms with Crippen molar-refractivity contribution in [3.05, 3.63) is 29.8 Å². The fraction of sp³-hybridized carbons (Fsp3) is 0.714. The van der Waals surface area contributed by atoms with Gasteiger partial charge in [0.2, 0.25) is 0 Å². The summed E-state index contributed by atoms with van der Waals surface area (Å²) in [7, 11) is -4.06. The van der Waals surface area contributed by atoms with Crippen LogP contribution in [0.1, 0.15) is 90.5 Å². The molecular weight excluding hydrogens is 347 g/mol. The number of phosphoric ester groups is 1. The second-order valence-corrected chi connectivity index (χ2v) is 8.46. The molecule has 0 saturated carbocycles. The molecule has 0 aromatic heterocycles. The number of unbranched alkanes of at least 4 members (excludes halogenated alkanes) is 7. The molecule has 2 unspecified atom stereocenters. The van der Waals surface area contributed by atoms with Gasteiger partial charge in [-0.25, -0.2) is 4.57 Å². The number of hydrogen-bond donors (Lipinski definition) is 1. The molecule has 0 heterocycles. The molecule has 0 aliphatic carbocycles. The van der Waals surface area contributed by atoms with E-state index in [1.54, 1.807) is 19.1 Å². The van der Waals surface area contributed by atoms with Gasteiger partial charge in [0.05, 0.1) is 6.10 Å². The SMILES string of the molecule is CCCCCCCCCCc1ccc(OP(=O)(O)OC(C)CCC)cc1. The van der Waals surface area contributed by atoms with Crippen LogP contribution in [0.3, 0.4) is 0 Å². The van der Waals surface area contributed by atoms with Crippen LogP contribution in [0, 0.1) is 0 Å². The van der Waals surface area contributed by atoms with Gasteiger partial charge >= 0.3 is 7.82 Å². The molecule has 0 saturated heterocycles. The second kappa shape index (κ2) is 13.4. The van der Waals surface area contributed by atoms with E-state index in [0.717, 1.165) is 19.3 Å². The molecule has 0 radical (unpaired) electrons. The van der Waals surface area contributed by atoms with Crippen LogP contribution in [0.5, 0.6) is 5.75 Å². The van der Waals surface area contributed by atoms with Crippen LogP contribution in [-0.4, -0.2) is 11.0 Å². The van der Waals surface area contributed by atoms with E-state index >= 15 is 0 Å². The summed E-state index contributed by atoms with van der Waals surface area (Å²) in [4.78, 5) is 9.82. The maximum absolute atomic E-state index is 12.0. The van der Waals surface area contributed by atoms with Crippen LogP contribution in [0.2, 0.25) is 0 Å². The molecule has 2 atom stereocenters. The standard InChI is InChI=1S/C21H37O4P/c1-4-6-7-8-9-10-11-12-14-20-15-17-21(18-16-20)25-26(22,23)24-19(3)13-5-2/h15-19H,4-14H2,1-3H3,(H,22,23). The Morgan fingerprint density at radius 2 is 1.50 bits per heavy atom. The third kappa shape index (κ3) is 11.0. The normalized spacial score (nSPS) is 14.8. The molecule has 1 rings (SSSR count). The van der Waals surface area contributed by atoms with Crippen molar-refractivity contribution in [2.75, 3.05) is 0 Å². The number of rotatable bonds is 15. The van der Waals surface area contributed by atoms with Gasteiger partial charge in [0, 0.05) is 0 Å². The average Bonchev–Trinajstić information content (AvgIpc) is 2.58. The summed E-state index contributed by atoms with van der Waals surface area (Å²) in [5.74, 6) is 0.374. The molecule has 26 heavy (non-hydrogen) atoms. The lowest BCUT2D eigenvalue weighted by Crippen LogP contribution is -2.08. The van der Waals surface area contributed by atoms with E-state index in [1.807, 2.05) is 19.1 Å². The van der Waals surface area contributed by atoms with E-state index in [4.69, 9.17) is 9.05 Å². The first-order chi connectivity index (χ1) is 12.5. The van der Waals surface area contributed by atoms with Gasteiger partial charge in [0.15, 0.2) is 0 Å². The van der Waals surface area contributed by atoms with Crippen molar-refractivity contribution >= 4 is 7.82 Å². The Bertz CT molecular complexity index is 515. The smallest absolute Gasteiger partial charge is 0.404 e. The van der Waals surface area contributed by atoms with E-state index in [0.29, 0.717) is 5.75 Å². The van der Waals surface area contributed by atoms with Crippen LogP contribution in [0.15, 0.2) is 24.3 Å². The van der Waals surface area contributed by atoms with Gasteiger partial charge in [0.25, 0.3) is 0 Å². The lowest BCUT2D eigenvalue weighted by molar-refractivity contribution is 0.143. The van der Waals surface area contributed by atoms with Gasteiger partial charge in [-0.15, -0.1) is 0 Å². The van der Waals surface area contributed by atoms with Gasteiger partial charge in [-0.05, 0) is 43.9 Å². The third-order valence-corrected chi connectivity index (χ3v) is 5.54. The van der Waals surface area contributed by atoms with Crippen molar-refractivity contribution in [3.63, 3.8) is 0 Å². The van der Waals surface area contributed by atoms with Gasteiger partial charge in [-0.1, -0.05) is 77.3 Å². The highest BCUT2D eigenvalue weighted by molar-refractivity contribution is 7.47. The zero-order valence-corrected chi connectivity index (χ0v) is 17.7. The van der Waals surface area contributed by atoms with Gasteiger partial charge in [-0.2, -0.15) is 0 Å². The van der Waals surface area contributed by atoms with E-state index in [2.05, 4.69) is 6.92 Å². The van der Waals surface area contributed by atoms with Crippen LogP contribution in [0.4, 0.5) is 0 Å². The van der Waals surface area contributed by atoms with Gasteiger partial charge in [0.1, 0.15) is 5.75 Å². The summed E-state index contributed by atoms with van der Waals surface area (Å²) in [5.41, 5.74) is 1.23. The average molecular weight is 384 g/mol.